The van der Waals surface area contributed by atoms with Crippen LogP contribution in [-0.4, -0.2) is 64.2 Å². The van der Waals surface area contributed by atoms with E-state index in [0.29, 0.717) is 0 Å². The van der Waals surface area contributed by atoms with Gasteiger partial charge in [-0.3, -0.25) is 9.88 Å². The Hall–Kier alpha value is -1.92. The van der Waals surface area contributed by atoms with Gasteiger partial charge < -0.3 is 14.2 Å². The lowest BCUT2D eigenvalue weighted by Gasteiger charge is -2.17. The molecule has 1 aliphatic heterocycles. The van der Waals surface area contributed by atoms with E-state index in [1.165, 1.54) is 5.69 Å². The van der Waals surface area contributed by atoms with Crippen molar-refractivity contribution in [3.05, 3.63) is 42.2 Å². The lowest BCUT2D eigenvalue weighted by Crippen LogP contribution is -2.27. The summed E-state index contributed by atoms with van der Waals surface area (Å²) in [7, 11) is 6.14. The van der Waals surface area contributed by atoms with E-state index >= 15 is 0 Å². The molecule has 0 aromatic carbocycles. The summed E-state index contributed by atoms with van der Waals surface area (Å²) in [5, 5.41) is 0. The second-order valence-electron chi connectivity index (χ2n) is 6.80. The van der Waals surface area contributed by atoms with Gasteiger partial charge in [0.05, 0.1) is 12.0 Å². The van der Waals surface area contributed by atoms with Crippen LogP contribution in [-0.2, 0) is 20.0 Å². The van der Waals surface area contributed by atoms with E-state index in [2.05, 4.69) is 30.4 Å². The molecule has 0 saturated carbocycles. The summed E-state index contributed by atoms with van der Waals surface area (Å²) >= 11 is 0. The van der Waals surface area contributed by atoms with E-state index in [4.69, 9.17) is 4.74 Å². The standard InChI is InChI=1S/C18H27N5O/c1-21(2)12-15-10-17(4-7-20-15)24-18-6-9-23(13-18)8-5-16-11-19-14-22(16)3/h4,7,10-11,14,18H,5-6,8-9,12-13H2,1-3H3. The summed E-state index contributed by atoms with van der Waals surface area (Å²) in [6, 6.07) is 4.01. The zero-order valence-corrected chi connectivity index (χ0v) is 14.9. The quantitative estimate of drug-likeness (QED) is 0.772. The summed E-state index contributed by atoms with van der Waals surface area (Å²) in [5.41, 5.74) is 2.32. The zero-order valence-electron chi connectivity index (χ0n) is 14.9. The van der Waals surface area contributed by atoms with Crippen molar-refractivity contribution in [3.8, 4) is 5.75 Å². The molecule has 130 valence electrons. The van der Waals surface area contributed by atoms with Crippen LogP contribution in [0.2, 0.25) is 0 Å². The van der Waals surface area contributed by atoms with Crippen LogP contribution in [0.5, 0.6) is 5.75 Å². The van der Waals surface area contributed by atoms with Gasteiger partial charge in [0, 0.05) is 63.8 Å². The maximum absolute atomic E-state index is 6.17. The molecule has 24 heavy (non-hydrogen) atoms. The van der Waals surface area contributed by atoms with Crippen molar-refractivity contribution in [1.29, 1.82) is 0 Å². The molecule has 6 nitrogen and oxygen atoms in total. The monoisotopic (exact) mass is 329 g/mol. The van der Waals surface area contributed by atoms with Crippen LogP contribution < -0.4 is 4.74 Å². The minimum absolute atomic E-state index is 0.270. The van der Waals surface area contributed by atoms with Gasteiger partial charge in [-0.2, -0.15) is 0 Å². The van der Waals surface area contributed by atoms with Crippen LogP contribution in [0.4, 0.5) is 0 Å². The maximum Gasteiger partial charge on any atom is 0.123 e. The number of imidazole rings is 1. The normalized spacial score (nSPS) is 18.4. The number of likely N-dealkylation sites (tertiary alicyclic amines) is 1. The molecule has 0 spiro atoms. The number of hydrogen-bond acceptors (Lipinski definition) is 5. The maximum atomic E-state index is 6.17. The van der Waals surface area contributed by atoms with E-state index in [-0.39, 0.29) is 6.10 Å². The molecule has 6 heteroatoms. The van der Waals surface area contributed by atoms with Gasteiger partial charge in [-0.25, -0.2) is 4.98 Å². The fourth-order valence-corrected chi connectivity index (χ4v) is 3.13. The fraction of sp³-hybridized carbons (Fsp3) is 0.556. The third-order valence-corrected chi connectivity index (χ3v) is 4.40. The predicted molar refractivity (Wildman–Crippen MR) is 94.0 cm³/mol. The van der Waals surface area contributed by atoms with Crippen molar-refractivity contribution in [2.45, 2.75) is 25.5 Å². The van der Waals surface area contributed by atoms with E-state index in [1.807, 2.05) is 45.9 Å². The van der Waals surface area contributed by atoms with E-state index in [1.54, 1.807) is 0 Å². The third-order valence-electron chi connectivity index (χ3n) is 4.40. The van der Waals surface area contributed by atoms with Gasteiger partial charge in [0.1, 0.15) is 11.9 Å². The summed E-state index contributed by atoms with van der Waals surface area (Å²) in [5.74, 6) is 0.931. The molecule has 1 fully saturated rings. The topological polar surface area (TPSA) is 46.4 Å². The lowest BCUT2D eigenvalue weighted by molar-refractivity contribution is 0.200. The van der Waals surface area contributed by atoms with Gasteiger partial charge in [-0.05, 0) is 26.6 Å². The van der Waals surface area contributed by atoms with Gasteiger partial charge >= 0.3 is 0 Å². The molecule has 3 rings (SSSR count). The first-order valence-electron chi connectivity index (χ1n) is 8.54. The Morgan fingerprint density at radius 1 is 1.38 bits per heavy atom. The predicted octanol–water partition coefficient (Wildman–Crippen LogP) is 1.57. The minimum atomic E-state index is 0.270. The number of ether oxygens (including phenoxy) is 1. The van der Waals surface area contributed by atoms with Gasteiger partial charge in [0.2, 0.25) is 0 Å². The molecule has 0 amide bonds. The van der Waals surface area contributed by atoms with Gasteiger partial charge in [-0.15, -0.1) is 0 Å². The largest absolute Gasteiger partial charge is 0.489 e. The van der Waals surface area contributed by atoms with Crippen LogP contribution in [0.25, 0.3) is 0 Å². The van der Waals surface area contributed by atoms with E-state index in [0.717, 1.165) is 50.5 Å². The summed E-state index contributed by atoms with van der Waals surface area (Å²) in [6.07, 6.45) is 8.03. The highest BCUT2D eigenvalue weighted by Crippen LogP contribution is 2.19. The average Bonchev–Trinajstić information content (AvgIpc) is 3.14. The molecule has 1 aliphatic rings. The Morgan fingerprint density at radius 3 is 3.00 bits per heavy atom. The summed E-state index contributed by atoms with van der Waals surface area (Å²) in [6.45, 7) is 3.97. The second-order valence-corrected chi connectivity index (χ2v) is 6.80. The van der Waals surface area contributed by atoms with E-state index in [9.17, 15) is 0 Å². The number of aryl methyl sites for hydroxylation is 1. The number of nitrogens with zero attached hydrogens (tertiary/aromatic N) is 5. The van der Waals surface area contributed by atoms with Crippen molar-refractivity contribution in [3.63, 3.8) is 0 Å². The molecule has 3 heterocycles. The van der Waals surface area contributed by atoms with Crippen LogP contribution in [0.3, 0.4) is 0 Å². The summed E-state index contributed by atoms with van der Waals surface area (Å²) in [4.78, 5) is 13.2. The number of aromatic nitrogens is 3. The number of hydrogen-bond donors (Lipinski definition) is 0. The van der Waals surface area contributed by atoms with Gasteiger partial charge in [0.15, 0.2) is 0 Å². The molecule has 0 bridgehead atoms. The third kappa shape index (κ3) is 4.55. The van der Waals surface area contributed by atoms with Crippen molar-refractivity contribution in [2.24, 2.45) is 7.05 Å². The van der Waals surface area contributed by atoms with E-state index < -0.39 is 0 Å². The molecule has 0 aliphatic carbocycles. The van der Waals surface area contributed by atoms with Crippen molar-refractivity contribution in [1.82, 2.24) is 24.3 Å². The molecular weight excluding hydrogens is 302 g/mol. The fourth-order valence-electron chi connectivity index (χ4n) is 3.13. The molecule has 2 aromatic heterocycles. The van der Waals surface area contributed by atoms with Crippen molar-refractivity contribution < 1.29 is 4.74 Å². The Kier molecular flexibility index (Phi) is 5.48. The second kappa shape index (κ2) is 7.77. The Balaban J connectivity index is 1.48. The molecular formula is C18H27N5O. The number of rotatable bonds is 7. The highest BCUT2D eigenvalue weighted by molar-refractivity contribution is 5.23. The van der Waals surface area contributed by atoms with Crippen molar-refractivity contribution >= 4 is 0 Å². The lowest BCUT2D eigenvalue weighted by atomic mass is 10.3. The SMILES string of the molecule is CN(C)Cc1cc(OC2CCN(CCc3cncn3C)C2)ccn1. The first-order valence-corrected chi connectivity index (χ1v) is 8.54. The summed E-state index contributed by atoms with van der Waals surface area (Å²) < 4.78 is 8.26. The first kappa shape index (κ1) is 16.9. The molecule has 2 aromatic rings. The van der Waals surface area contributed by atoms with Crippen LogP contribution in [0, 0.1) is 0 Å². The van der Waals surface area contributed by atoms with Crippen LogP contribution >= 0.6 is 0 Å². The number of pyridine rings is 1. The highest BCUT2D eigenvalue weighted by Gasteiger charge is 2.24. The Bertz CT molecular complexity index is 654. The van der Waals surface area contributed by atoms with Crippen LogP contribution in [0.1, 0.15) is 17.8 Å². The molecule has 0 radical (unpaired) electrons. The minimum Gasteiger partial charge on any atom is -0.489 e. The van der Waals surface area contributed by atoms with Crippen LogP contribution in [0.15, 0.2) is 30.9 Å². The highest BCUT2D eigenvalue weighted by atomic mass is 16.5. The first-order chi connectivity index (χ1) is 11.6. The zero-order chi connectivity index (χ0) is 16.9. The van der Waals surface area contributed by atoms with Gasteiger partial charge in [-0.1, -0.05) is 0 Å². The van der Waals surface area contributed by atoms with Gasteiger partial charge in [0.25, 0.3) is 0 Å². The van der Waals surface area contributed by atoms with Crippen molar-refractivity contribution in [2.75, 3.05) is 33.7 Å². The molecule has 0 N–H and O–H groups in total. The molecule has 1 saturated heterocycles. The Morgan fingerprint density at radius 2 is 2.25 bits per heavy atom. The molecule has 1 unspecified atom stereocenters. The Labute approximate surface area is 144 Å². The smallest absolute Gasteiger partial charge is 0.123 e. The molecule has 1 atom stereocenters. The average molecular weight is 329 g/mol.